The van der Waals surface area contributed by atoms with Crippen LogP contribution in [-0.2, 0) is 4.79 Å². The second kappa shape index (κ2) is 8.47. The van der Waals surface area contributed by atoms with Crippen molar-refractivity contribution >= 4 is 23.1 Å². The van der Waals surface area contributed by atoms with Crippen molar-refractivity contribution in [3.63, 3.8) is 0 Å². The summed E-state index contributed by atoms with van der Waals surface area (Å²) >= 11 is 0. The minimum Gasteiger partial charge on any atom is -0.374 e. The largest absolute Gasteiger partial charge is 0.374 e. The van der Waals surface area contributed by atoms with Crippen molar-refractivity contribution in [2.45, 2.75) is 46.1 Å². The maximum atomic E-state index is 12.3. The summed E-state index contributed by atoms with van der Waals surface area (Å²) in [6.45, 7) is 7.72. The van der Waals surface area contributed by atoms with E-state index in [1.165, 1.54) is 12.5 Å². The number of anilines is 2. The maximum absolute atomic E-state index is 12.3. The molecule has 25 heavy (non-hydrogen) atoms. The fourth-order valence-electron chi connectivity index (χ4n) is 2.50. The van der Waals surface area contributed by atoms with Crippen LogP contribution in [0.2, 0.25) is 0 Å². The molecular formula is C21H26N2O2. The maximum Gasteiger partial charge on any atom is 0.246 e. The Morgan fingerprint density at radius 3 is 2.00 bits per heavy atom. The van der Waals surface area contributed by atoms with E-state index in [4.69, 9.17) is 0 Å². The van der Waals surface area contributed by atoms with Crippen LogP contribution >= 0.6 is 0 Å². The summed E-state index contributed by atoms with van der Waals surface area (Å²) in [6, 6.07) is 14.7. The number of ketones is 1. The van der Waals surface area contributed by atoms with E-state index in [1.807, 2.05) is 19.1 Å². The van der Waals surface area contributed by atoms with E-state index in [-0.39, 0.29) is 17.7 Å². The number of hydrogen-bond acceptors (Lipinski definition) is 3. The normalized spacial score (nSPS) is 13.0. The van der Waals surface area contributed by atoms with Crippen molar-refractivity contribution in [1.82, 2.24) is 0 Å². The molecule has 0 aliphatic rings. The fourth-order valence-corrected chi connectivity index (χ4v) is 2.50. The Balaban J connectivity index is 1.94. The van der Waals surface area contributed by atoms with Gasteiger partial charge in [-0.25, -0.2) is 0 Å². The van der Waals surface area contributed by atoms with Crippen LogP contribution < -0.4 is 10.6 Å². The predicted octanol–water partition coefficient (Wildman–Crippen LogP) is 4.84. The lowest BCUT2D eigenvalue weighted by molar-refractivity contribution is -0.116. The average molecular weight is 338 g/mol. The first kappa shape index (κ1) is 18.7. The van der Waals surface area contributed by atoms with Gasteiger partial charge in [-0.3, -0.25) is 9.59 Å². The van der Waals surface area contributed by atoms with Gasteiger partial charge in [0.1, 0.15) is 6.04 Å². The minimum absolute atomic E-state index is 0.00810. The Kier molecular flexibility index (Phi) is 6.34. The zero-order valence-electron chi connectivity index (χ0n) is 15.3. The summed E-state index contributed by atoms with van der Waals surface area (Å²) in [4.78, 5) is 23.6. The highest BCUT2D eigenvalue weighted by Crippen LogP contribution is 2.21. The standard InChI is InChI=1S/C21H26N2O2/c1-5-14(2)17-6-10-19(11-7-17)22-15(3)21(25)23-20-12-8-18(9-13-20)16(4)24/h6-15,22H,5H2,1-4H3,(H,23,25)/t14-,15+/m1/s1. The molecule has 2 N–H and O–H groups in total. The highest BCUT2D eigenvalue weighted by Gasteiger charge is 2.13. The van der Waals surface area contributed by atoms with Gasteiger partial charge < -0.3 is 10.6 Å². The highest BCUT2D eigenvalue weighted by atomic mass is 16.2. The molecule has 132 valence electrons. The second-order valence-electron chi connectivity index (χ2n) is 6.42. The second-order valence-corrected chi connectivity index (χ2v) is 6.42. The summed E-state index contributed by atoms with van der Waals surface area (Å²) in [6.07, 6.45) is 1.11. The summed E-state index contributed by atoms with van der Waals surface area (Å²) in [5.74, 6) is 0.420. The third-order valence-corrected chi connectivity index (χ3v) is 4.43. The SMILES string of the molecule is CC[C@@H](C)c1ccc(N[C@@H](C)C(=O)Nc2ccc(C(C)=O)cc2)cc1. The van der Waals surface area contributed by atoms with Crippen LogP contribution in [0.3, 0.4) is 0 Å². The lowest BCUT2D eigenvalue weighted by atomic mass is 9.98. The van der Waals surface area contributed by atoms with Gasteiger partial charge in [0.15, 0.2) is 5.78 Å². The molecule has 0 bridgehead atoms. The van der Waals surface area contributed by atoms with E-state index in [1.54, 1.807) is 24.3 Å². The Morgan fingerprint density at radius 2 is 1.48 bits per heavy atom. The van der Waals surface area contributed by atoms with E-state index < -0.39 is 0 Å². The third-order valence-electron chi connectivity index (χ3n) is 4.43. The molecule has 0 heterocycles. The molecule has 0 fully saturated rings. The number of rotatable bonds is 7. The smallest absolute Gasteiger partial charge is 0.246 e. The van der Waals surface area contributed by atoms with Gasteiger partial charge in [0, 0.05) is 16.9 Å². The van der Waals surface area contributed by atoms with Crippen LogP contribution in [0, 0.1) is 0 Å². The zero-order valence-corrected chi connectivity index (χ0v) is 15.3. The molecule has 0 unspecified atom stereocenters. The zero-order chi connectivity index (χ0) is 18.4. The molecule has 0 spiro atoms. The molecule has 0 radical (unpaired) electrons. The molecule has 0 aliphatic heterocycles. The number of benzene rings is 2. The molecule has 2 atom stereocenters. The van der Waals surface area contributed by atoms with E-state index in [0.717, 1.165) is 12.1 Å². The van der Waals surface area contributed by atoms with Crippen molar-refractivity contribution in [2.24, 2.45) is 0 Å². The number of amides is 1. The van der Waals surface area contributed by atoms with Crippen molar-refractivity contribution in [1.29, 1.82) is 0 Å². The molecule has 0 saturated carbocycles. The summed E-state index contributed by atoms with van der Waals surface area (Å²) in [5, 5.41) is 6.06. The Labute approximate surface area is 149 Å². The number of nitrogens with one attached hydrogen (secondary N) is 2. The Bertz CT molecular complexity index is 721. The van der Waals surface area contributed by atoms with Gasteiger partial charge in [0.05, 0.1) is 0 Å². The molecule has 2 aromatic carbocycles. The van der Waals surface area contributed by atoms with Gasteiger partial charge in [-0.1, -0.05) is 26.0 Å². The summed E-state index contributed by atoms with van der Waals surface area (Å²) in [7, 11) is 0. The van der Waals surface area contributed by atoms with Crippen LogP contribution in [0.25, 0.3) is 0 Å². The monoisotopic (exact) mass is 338 g/mol. The van der Waals surface area contributed by atoms with Crippen LogP contribution in [-0.4, -0.2) is 17.7 Å². The molecule has 4 heteroatoms. The van der Waals surface area contributed by atoms with E-state index in [0.29, 0.717) is 17.2 Å². The molecule has 2 aromatic rings. The van der Waals surface area contributed by atoms with E-state index in [2.05, 4.69) is 36.6 Å². The Hall–Kier alpha value is -2.62. The first-order valence-corrected chi connectivity index (χ1v) is 8.69. The van der Waals surface area contributed by atoms with Crippen LogP contribution in [0.5, 0.6) is 0 Å². The molecule has 0 saturated heterocycles. The quantitative estimate of drug-likeness (QED) is 0.710. The van der Waals surface area contributed by atoms with Gasteiger partial charge in [-0.05, 0) is 68.1 Å². The molecule has 2 rings (SSSR count). The van der Waals surface area contributed by atoms with Gasteiger partial charge in [0.25, 0.3) is 0 Å². The van der Waals surface area contributed by atoms with Gasteiger partial charge in [-0.2, -0.15) is 0 Å². The van der Waals surface area contributed by atoms with Crippen LogP contribution in [0.15, 0.2) is 48.5 Å². The fraction of sp³-hybridized carbons (Fsp3) is 0.333. The number of carbonyl (C=O) groups excluding carboxylic acids is 2. The summed E-state index contributed by atoms with van der Waals surface area (Å²) in [5.41, 5.74) is 3.53. The third kappa shape index (κ3) is 5.18. The van der Waals surface area contributed by atoms with Crippen LogP contribution in [0.1, 0.15) is 56.0 Å². The molecule has 1 amide bonds. The minimum atomic E-state index is -0.373. The molecule has 0 aliphatic carbocycles. The van der Waals surface area contributed by atoms with Crippen molar-refractivity contribution in [3.05, 3.63) is 59.7 Å². The van der Waals surface area contributed by atoms with Gasteiger partial charge in [-0.15, -0.1) is 0 Å². The van der Waals surface area contributed by atoms with E-state index >= 15 is 0 Å². The van der Waals surface area contributed by atoms with E-state index in [9.17, 15) is 9.59 Å². The highest BCUT2D eigenvalue weighted by molar-refractivity contribution is 5.97. The number of Topliss-reactive ketones (excluding diaryl/α,β-unsaturated/α-hetero) is 1. The number of carbonyl (C=O) groups is 2. The molecule has 0 aromatic heterocycles. The average Bonchev–Trinajstić information content (AvgIpc) is 2.62. The first-order chi connectivity index (χ1) is 11.9. The summed E-state index contributed by atoms with van der Waals surface area (Å²) < 4.78 is 0. The van der Waals surface area contributed by atoms with Crippen LogP contribution in [0.4, 0.5) is 11.4 Å². The predicted molar refractivity (Wildman–Crippen MR) is 103 cm³/mol. The lowest BCUT2D eigenvalue weighted by Crippen LogP contribution is -2.31. The topological polar surface area (TPSA) is 58.2 Å². The van der Waals surface area contributed by atoms with Crippen molar-refractivity contribution < 1.29 is 9.59 Å². The van der Waals surface area contributed by atoms with Crippen molar-refractivity contribution in [3.8, 4) is 0 Å². The number of hydrogen-bond donors (Lipinski definition) is 2. The lowest BCUT2D eigenvalue weighted by Gasteiger charge is -2.16. The van der Waals surface area contributed by atoms with Gasteiger partial charge in [0.2, 0.25) is 5.91 Å². The Morgan fingerprint density at radius 1 is 0.920 bits per heavy atom. The molecule has 4 nitrogen and oxygen atoms in total. The van der Waals surface area contributed by atoms with Crippen molar-refractivity contribution in [2.75, 3.05) is 10.6 Å². The van der Waals surface area contributed by atoms with Gasteiger partial charge >= 0.3 is 0 Å². The first-order valence-electron chi connectivity index (χ1n) is 8.69. The molecular weight excluding hydrogens is 312 g/mol.